The van der Waals surface area contributed by atoms with Crippen LogP contribution in [0.25, 0.3) is 0 Å². The first-order valence-corrected chi connectivity index (χ1v) is 6.55. The van der Waals surface area contributed by atoms with E-state index in [1.54, 1.807) is 11.0 Å². The molecule has 0 spiro atoms. The van der Waals surface area contributed by atoms with E-state index in [1.807, 2.05) is 0 Å². The van der Waals surface area contributed by atoms with Gasteiger partial charge in [-0.1, -0.05) is 0 Å². The molecule has 0 unspecified atom stereocenters. The normalized spacial score (nSPS) is 10.2. The molecule has 4 N–H and O–H groups in total. The van der Waals surface area contributed by atoms with Gasteiger partial charge in [-0.05, 0) is 36.4 Å². The van der Waals surface area contributed by atoms with Gasteiger partial charge in [-0.15, -0.1) is 0 Å². The molecule has 0 fully saturated rings. The number of hydrogen-bond acceptors (Lipinski definition) is 4. The summed E-state index contributed by atoms with van der Waals surface area (Å²) in [6.45, 7) is 0.193. The molecule has 6 nitrogen and oxygen atoms in total. The van der Waals surface area contributed by atoms with Crippen molar-refractivity contribution in [3.63, 3.8) is 0 Å². The van der Waals surface area contributed by atoms with Crippen LogP contribution in [0, 0.1) is 5.82 Å². The van der Waals surface area contributed by atoms with Crippen molar-refractivity contribution >= 4 is 23.3 Å². The monoisotopic (exact) mass is 302 g/mol. The molecular formula is C15H15FN4O2. The van der Waals surface area contributed by atoms with Gasteiger partial charge in [-0.25, -0.2) is 9.37 Å². The van der Waals surface area contributed by atoms with Crippen molar-refractivity contribution in [1.29, 1.82) is 0 Å². The number of amides is 2. The summed E-state index contributed by atoms with van der Waals surface area (Å²) in [7, 11) is 0. The first-order valence-electron chi connectivity index (χ1n) is 6.55. The van der Waals surface area contributed by atoms with Crippen molar-refractivity contribution < 1.29 is 14.0 Å². The zero-order valence-electron chi connectivity index (χ0n) is 11.7. The maximum absolute atomic E-state index is 13.1. The van der Waals surface area contributed by atoms with E-state index in [2.05, 4.69) is 4.98 Å². The van der Waals surface area contributed by atoms with Gasteiger partial charge in [-0.2, -0.15) is 0 Å². The van der Waals surface area contributed by atoms with Gasteiger partial charge in [0.2, 0.25) is 5.91 Å². The van der Waals surface area contributed by atoms with E-state index in [0.717, 1.165) is 0 Å². The summed E-state index contributed by atoms with van der Waals surface area (Å²) in [5.41, 5.74) is 11.3. The van der Waals surface area contributed by atoms with Gasteiger partial charge in [0, 0.05) is 24.8 Å². The first kappa shape index (κ1) is 15.4. The van der Waals surface area contributed by atoms with Gasteiger partial charge in [0.25, 0.3) is 5.91 Å². The lowest BCUT2D eigenvalue weighted by atomic mass is 10.2. The summed E-state index contributed by atoms with van der Waals surface area (Å²) in [6, 6.07) is 8.72. The number of halogens is 1. The highest BCUT2D eigenvalue weighted by molar-refractivity contribution is 5.98. The summed E-state index contributed by atoms with van der Waals surface area (Å²) in [4.78, 5) is 28.4. The van der Waals surface area contributed by atoms with Crippen LogP contribution < -0.4 is 16.4 Å². The Balaban J connectivity index is 2.46. The molecule has 2 aromatic rings. The second kappa shape index (κ2) is 6.66. The highest BCUT2D eigenvalue weighted by Crippen LogP contribution is 2.26. The maximum Gasteiger partial charge on any atom is 0.252 e. The second-order valence-corrected chi connectivity index (χ2v) is 4.58. The number of anilines is 2. The molecule has 1 heterocycles. The highest BCUT2D eigenvalue weighted by atomic mass is 19.1. The summed E-state index contributed by atoms with van der Waals surface area (Å²) in [5, 5.41) is 0. The summed E-state index contributed by atoms with van der Waals surface area (Å²) in [6.07, 6.45) is 1.55. The van der Waals surface area contributed by atoms with Gasteiger partial charge in [0.1, 0.15) is 11.6 Å². The molecule has 22 heavy (non-hydrogen) atoms. The minimum atomic E-state index is -0.644. The Morgan fingerprint density at radius 3 is 2.41 bits per heavy atom. The van der Waals surface area contributed by atoms with Crippen molar-refractivity contribution in [3.8, 4) is 0 Å². The number of pyridine rings is 1. The van der Waals surface area contributed by atoms with E-state index in [1.165, 1.54) is 36.5 Å². The molecule has 1 aromatic carbocycles. The number of hydrogen-bond donors (Lipinski definition) is 2. The van der Waals surface area contributed by atoms with Crippen molar-refractivity contribution in [1.82, 2.24) is 4.98 Å². The lowest BCUT2D eigenvalue weighted by Crippen LogP contribution is -2.27. The smallest absolute Gasteiger partial charge is 0.252 e. The Bertz CT molecular complexity index is 688. The second-order valence-electron chi connectivity index (χ2n) is 4.58. The van der Waals surface area contributed by atoms with Gasteiger partial charge in [-0.3, -0.25) is 9.59 Å². The zero-order valence-corrected chi connectivity index (χ0v) is 11.7. The first-order chi connectivity index (χ1) is 10.5. The molecule has 2 amide bonds. The Morgan fingerprint density at radius 1 is 1.14 bits per heavy atom. The number of benzene rings is 1. The summed E-state index contributed by atoms with van der Waals surface area (Å²) >= 11 is 0. The molecule has 0 saturated heterocycles. The number of rotatable bonds is 6. The largest absolute Gasteiger partial charge is 0.370 e. The van der Waals surface area contributed by atoms with E-state index in [-0.39, 0.29) is 18.5 Å². The number of carbonyl (C=O) groups excluding carboxylic acids is 2. The summed E-state index contributed by atoms with van der Waals surface area (Å²) < 4.78 is 13.1. The van der Waals surface area contributed by atoms with Crippen LogP contribution in [-0.2, 0) is 4.79 Å². The fourth-order valence-corrected chi connectivity index (χ4v) is 2.00. The average Bonchev–Trinajstić information content (AvgIpc) is 2.49. The van der Waals surface area contributed by atoms with Crippen LogP contribution in [0.15, 0.2) is 42.6 Å². The number of nitrogens with zero attached hydrogens (tertiary/aromatic N) is 2. The number of nitrogens with two attached hydrogens (primary N) is 2. The molecular weight excluding hydrogens is 287 g/mol. The molecule has 7 heteroatoms. The molecule has 0 atom stereocenters. The van der Waals surface area contributed by atoms with Crippen LogP contribution in [0.1, 0.15) is 16.8 Å². The Hall–Kier alpha value is -2.96. The molecule has 0 aliphatic heterocycles. The molecule has 0 bridgehead atoms. The van der Waals surface area contributed by atoms with Crippen LogP contribution >= 0.6 is 0 Å². The summed E-state index contributed by atoms with van der Waals surface area (Å²) in [5.74, 6) is -1.24. The van der Waals surface area contributed by atoms with E-state index < -0.39 is 17.6 Å². The number of carbonyl (C=O) groups is 2. The lowest BCUT2D eigenvalue weighted by Gasteiger charge is -2.24. The fourth-order valence-electron chi connectivity index (χ4n) is 2.00. The van der Waals surface area contributed by atoms with Gasteiger partial charge in [0.15, 0.2) is 0 Å². The molecule has 2 rings (SSSR count). The van der Waals surface area contributed by atoms with Crippen LogP contribution in [0.4, 0.5) is 15.9 Å². The topological polar surface area (TPSA) is 102 Å². The third-order valence-corrected chi connectivity index (χ3v) is 3.03. The predicted molar refractivity (Wildman–Crippen MR) is 80.0 cm³/mol. The number of primary amides is 2. The number of aromatic nitrogens is 1. The molecule has 114 valence electrons. The standard InChI is InChI=1S/C15H15FN4O2/c16-10-3-5-11(6-4-10)20(9-7-13(17)21)15-12(14(18)22)2-1-8-19-15/h1-6,8H,7,9H2,(H2,17,21)(H2,18,22). The third kappa shape index (κ3) is 3.57. The van der Waals surface area contributed by atoms with Crippen molar-refractivity contribution in [2.75, 3.05) is 11.4 Å². The average molecular weight is 302 g/mol. The zero-order chi connectivity index (χ0) is 16.1. The highest BCUT2D eigenvalue weighted by Gasteiger charge is 2.18. The van der Waals surface area contributed by atoms with Crippen LogP contribution in [0.2, 0.25) is 0 Å². The Labute approximate surface area is 126 Å². The third-order valence-electron chi connectivity index (χ3n) is 3.03. The van der Waals surface area contributed by atoms with Crippen molar-refractivity contribution in [2.45, 2.75) is 6.42 Å². The Morgan fingerprint density at radius 2 is 1.82 bits per heavy atom. The van der Waals surface area contributed by atoms with Crippen molar-refractivity contribution in [3.05, 3.63) is 54.0 Å². The molecule has 0 radical (unpaired) electrons. The quantitative estimate of drug-likeness (QED) is 0.840. The van der Waals surface area contributed by atoms with Gasteiger partial charge >= 0.3 is 0 Å². The van der Waals surface area contributed by atoms with E-state index in [0.29, 0.717) is 11.5 Å². The van der Waals surface area contributed by atoms with Crippen LogP contribution in [0.5, 0.6) is 0 Å². The van der Waals surface area contributed by atoms with Crippen LogP contribution in [-0.4, -0.2) is 23.3 Å². The van der Waals surface area contributed by atoms with Gasteiger partial charge < -0.3 is 16.4 Å². The molecule has 0 saturated carbocycles. The Kier molecular flexibility index (Phi) is 4.67. The molecule has 0 aliphatic rings. The van der Waals surface area contributed by atoms with Crippen LogP contribution in [0.3, 0.4) is 0 Å². The van der Waals surface area contributed by atoms with E-state index in [4.69, 9.17) is 11.5 Å². The molecule has 1 aromatic heterocycles. The van der Waals surface area contributed by atoms with E-state index in [9.17, 15) is 14.0 Å². The minimum Gasteiger partial charge on any atom is -0.370 e. The minimum absolute atomic E-state index is 0.0478. The lowest BCUT2D eigenvalue weighted by molar-refractivity contribution is -0.117. The SMILES string of the molecule is NC(=O)CCN(c1ccc(F)cc1)c1ncccc1C(N)=O. The fraction of sp³-hybridized carbons (Fsp3) is 0.133. The van der Waals surface area contributed by atoms with Crippen molar-refractivity contribution in [2.24, 2.45) is 11.5 Å². The molecule has 0 aliphatic carbocycles. The maximum atomic E-state index is 13.1. The predicted octanol–water partition coefficient (Wildman–Crippen LogP) is 1.33. The van der Waals surface area contributed by atoms with Gasteiger partial charge in [0.05, 0.1) is 5.56 Å². The van der Waals surface area contributed by atoms with E-state index >= 15 is 0 Å².